The number of fused-ring (bicyclic) bond motifs is 1. The van der Waals surface area contributed by atoms with Gasteiger partial charge in [0.15, 0.2) is 17.1 Å². The van der Waals surface area contributed by atoms with Gasteiger partial charge in [0.05, 0.1) is 30.7 Å². The summed E-state index contributed by atoms with van der Waals surface area (Å²) in [6.07, 6.45) is 0. The van der Waals surface area contributed by atoms with Crippen molar-refractivity contribution in [2.24, 2.45) is 0 Å². The van der Waals surface area contributed by atoms with Crippen LogP contribution in [-0.2, 0) is 17.9 Å². The van der Waals surface area contributed by atoms with Crippen LogP contribution in [0.15, 0.2) is 39.5 Å². The molecule has 0 aliphatic heterocycles. The van der Waals surface area contributed by atoms with Gasteiger partial charge in [-0.25, -0.2) is 4.79 Å². The lowest BCUT2D eigenvalue weighted by atomic mass is 10.1. The predicted molar refractivity (Wildman–Crippen MR) is 108 cm³/mol. The third-order valence-electron chi connectivity index (χ3n) is 4.83. The molecular formula is C20H21N3O7. The molecule has 0 saturated heterocycles. The third kappa shape index (κ3) is 3.97. The molecule has 1 heterocycles. The standard InChI is InChI=1S/C20H21N3O7/c1-12-7-17(28-3)18(29-4)8-13(12)10-21(2)19(24)11-22-15-6-5-14(23(26)27)9-16(15)30-20(22)25/h5-9H,10-11H2,1-4H3. The monoisotopic (exact) mass is 415 g/mol. The van der Waals surface area contributed by atoms with Gasteiger partial charge in [0, 0.05) is 19.7 Å². The van der Waals surface area contributed by atoms with E-state index in [0.29, 0.717) is 23.6 Å². The normalized spacial score (nSPS) is 10.8. The summed E-state index contributed by atoms with van der Waals surface area (Å²) in [5.74, 6) is 0.0673. The Morgan fingerprint density at radius 2 is 1.87 bits per heavy atom. The van der Waals surface area contributed by atoms with Crippen LogP contribution in [0.1, 0.15) is 11.1 Å². The fourth-order valence-electron chi connectivity index (χ4n) is 3.11. The molecule has 1 aromatic heterocycles. The summed E-state index contributed by atoms with van der Waals surface area (Å²) in [5, 5.41) is 10.9. The number of amides is 1. The van der Waals surface area contributed by atoms with E-state index in [1.807, 2.05) is 13.0 Å². The number of nitrogens with zero attached hydrogens (tertiary/aromatic N) is 3. The van der Waals surface area contributed by atoms with E-state index in [-0.39, 0.29) is 23.7 Å². The lowest BCUT2D eigenvalue weighted by Crippen LogP contribution is -2.32. The fraction of sp³-hybridized carbons (Fsp3) is 0.300. The summed E-state index contributed by atoms with van der Waals surface area (Å²) >= 11 is 0. The van der Waals surface area contributed by atoms with E-state index >= 15 is 0 Å². The van der Waals surface area contributed by atoms with E-state index in [9.17, 15) is 19.7 Å². The Bertz CT molecular complexity index is 1180. The van der Waals surface area contributed by atoms with Gasteiger partial charge in [0.1, 0.15) is 6.54 Å². The van der Waals surface area contributed by atoms with Crippen molar-refractivity contribution >= 4 is 22.7 Å². The molecule has 1 amide bonds. The highest BCUT2D eigenvalue weighted by molar-refractivity contribution is 5.80. The van der Waals surface area contributed by atoms with Crippen LogP contribution in [0.3, 0.4) is 0 Å². The Hall–Kier alpha value is -3.82. The lowest BCUT2D eigenvalue weighted by molar-refractivity contribution is -0.384. The highest BCUT2D eigenvalue weighted by Crippen LogP contribution is 2.30. The van der Waals surface area contributed by atoms with Crippen molar-refractivity contribution in [3.8, 4) is 11.5 Å². The second kappa shape index (κ2) is 8.27. The average molecular weight is 415 g/mol. The molecule has 10 nitrogen and oxygen atoms in total. The molecule has 0 atom stereocenters. The Kier molecular flexibility index (Phi) is 5.77. The summed E-state index contributed by atoms with van der Waals surface area (Å²) in [6, 6.07) is 7.44. The lowest BCUT2D eigenvalue weighted by Gasteiger charge is -2.20. The zero-order chi connectivity index (χ0) is 22.0. The summed E-state index contributed by atoms with van der Waals surface area (Å²) in [7, 11) is 4.71. The van der Waals surface area contributed by atoms with Crippen molar-refractivity contribution in [1.29, 1.82) is 0 Å². The average Bonchev–Trinajstić information content (AvgIpc) is 3.03. The number of aromatic nitrogens is 1. The maximum atomic E-state index is 12.7. The summed E-state index contributed by atoms with van der Waals surface area (Å²) in [5.41, 5.74) is 1.96. The first-order valence-corrected chi connectivity index (χ1v) is 8.98. The maximum Gasteiger partial charge on any atom is 0.420 e. The zero-order valence-electron chi connectivity index (χ0n) is 17.0. The number of non-ortho nitro benzene ring substituents is 1. The van der Waals surface area contributed by atoms with Crippen LogP contribution in [0, 0.1) is 17.0 Å². The number of hydrogen-bond acceptors (Lipinski definition) is 7. The number of hydrogen-bond donors (Lipinski definition) is 0. The number of carbonyl (C=O) groups excluding carboxylic acids is 1. The third-order valence-corrected chi connectivity index (χ3v) is 4.83. The van der Waals surface area contributed by atoms with Crippen molar-refractivity contribution in [2.75, 3.05) is 21.3 Å². The minimum Gasteiger partial charge on any atom is -0.493 e. The Morgan fingerprint density at radius 1 is 1.20 bits per heavy atom. The molecule has 30 heavy (non-hydrogen) atoms. The highest BCUT2D eigenvalue weighted by Gasteiger charge is 2.19. The van der Waals surface area contributed by atoms with Crippen LogP contribution >= 0.6 is 0 Å². The van der Waals surface area contributed by atoms with Gasteiger partial charge in [0.2, 0.25) is 5.91 Å². The van der Waals surface area contributed by atoms with Gasteiger partial charge in [-0.1, -0.05) is 0 Å². The first-order valence-electron chi connectivity index (χ1n) is 8.98. The molecule has 0 N–H and O–H groups in total. The number of ether oxygens (including phenoxy) is 2. The molecule has 0 aliphatic carbocycles. The molecule has 0 unspecified atom stereocenters. The van der Waals surface area contributed by atoms with Crippen molar-refractivity contribution in [3.63, 3.8) is 0 Å². The molecular weight excluding hydrogens is 394 g/mol. The molecule has 3 rings (SSSR count). The minimum atomic E-state index is -0.755. The number of oxazole rings is 1. The number of likely N-dealkylation sites (N-methyl/N-ethyl adjacent to an activating group) is 1. The highest BCUT2D eigenvalue weighted by atomic mass is 16.6. The van der Waals surface area contributed by atoms with E-state index in [4.69, 9.17) is 13.9 Å². The molecule has 2 aromatic carbocycles. The zero-order valence-corrected chi connectivity index (χ0v) is 17.0. The number of nitro benzene ring substituents is 1. The maximum absolute atomic E-state index is 12.7. The van der Waals surface area contributed by atoms with Gasteiger partial charge in [0.25, 0.3) is 5.69 Å². The van der Waals surface area contributed by atoms with E-state index in [1.165, 1.54) is 24.1 Å². The van der Waals surface area contributed by atoms with E-state index in [0.717, 1.165) is 21.8 Å². The van der Waals surface area contributed by atoms with E-state index in [1.54, 1.807) is 20.2 Å². The molecule has 0 spiro atoms. The summed E-state index contributed by atoms with van der Waals surface area (Å²) in [4.78, 5) is 36.7. The smallest absolute Gasteiger partial charge is 0.420 e. The first-order chi connectivity index (χ1) is 14.2. The summed E-state index contributed by atoms with van der Waals surface area (Å²) in [6.45, 7) is 1.93. The van der Waals surface area contributed by atoms with Gasteiger partial charge in [-0.05, 0) is 36.2 Å². The largest absolute Gasteiger partial charge is 0.493 e. The Morgan fingerprint density at radius 3 is 2.50 bits per heavy atom. The van der Waals surface area contributed by atoms with Crippen LogP contribution in [0.2, 0.25) is 0 Å². The van der Waals surface area contributed by atoms with Gasteiger partial charge < -0.3 is 18.8 Å². The fourth-order valence-corrected chi connectivity index (χ4v) is 3.11. The van der Waals surface area contributed by atoms with Crippen molar-refractivity contribution in [1.82, 2.24) is 9.47 Å². The van der Waals surface area contributed by atoms with Crippen molar-refractivity contribution < 1.29 is 23.6 Å². The van der Waals surface area contributed by atoms with Crippen molar-refractivity contribution in [2.45, 2.75) is 20.0 Å². The minimum absolute atomic E-state index is 0.0559. The Balaban J connectivity index is 1.82. The second-order valence-electron chi connectivity index (χ2n) is 6.75. The topological polar surface area (TPSA) is 117 Å². The second-order valence-corrected chi connectivity index (χ2v) is 6.75. The molecule has 0 aliphatic rings. The molecule has 0 bridgehead atoms. The molecule has 158 valence electrons. The Labute approximate surface area is 171 Å². The SMILES string of the molecule is COc1cc(C)c(CN(C)C(=O)Cn2c(=O)oc3cc([N+](=O)[O-])ccc32)cc1OC. The molecule has 0 saturated carbocycles. The van der Waals surface area contributed by atoms with Gasteiger partial charge >= 0.3 is 5.76 Å². The number of nitro groups is 1. The van der Waals surface area contributed by atoms with Crippen LogP contribution in [0.5, 0.6) is 11.5 Å². The number of benzene rings is 2. The van der Waals surface area contributed by atoms with Gasteiger partial charge in [-0.2, -0.15) is 0 Å². The van der Waals surface area contributed by atoms with Crippen LogP contribution < -0.4 is 15.2 Å². The number of rotatable bonds is 7. The van der Waals surface area contributed by atoms with Gasteiger partial charge in [-0.15, -0.1) is 0 Å². The molecule has 0 fully saturated rings. The molecule has 3 aromatic rings. The van der Waals surface area contributed by atoms with Crippen LogP contribution in [0.25, 0.3) is 11.1 Å². The number of aryl methyl sites for hydroxylation is 1. The quantitative estimate of drug-likeness (QED) is 0.430. The number of methoxy groups -OCH3 is 2. The van der Waals surface area contributed by atoms with Crippen molar-refractivity contribution in [3.05, 3.63) is 62.1 Å². The van der Waals surface area contributed by atoms with Gasteiger partial charge in [-0.3, -0.25) is 19.5 Å². The molecule has 0 radical (unpaired) electrons. The first kappa shape index (κ1) is 20.9. The van der Waals surface area contributed by atoms with Crippen LogP contribution in [-0.4, -0.2) is 41.6 Å². The number of carbonyl (C=O) groups is 1. The van der Waals surface area contributed by atoms with E-state index < -0.39 is 10.7 Å². The van der Waals surface area contributed by atoms with E-state index in [2.05, 4.69) is 0 Å². The summed E-state index contributed by atoms with van der Waals surface area (Å²) < 4.78 is 16.8. The van der Waals surface area contributed by atoms with Crippen LogP contribution in [0.4, 0.5) is 5.69 Å². The molecule has 10 heteroatoms. The predicted octanol–water partition coefficient (Wildman–Crippen LogP) is 2.49.